The summed E-state index contributed by atoms with van der Waals surface area (Å²) in [6.07, 6.45) is 1.73. The Labute approximate surface area is 224 Å². The van der Waals surface area contributed by atoms with E-state index in [0.717, 1.165) is 28.8 Å². The molecule has 0 bridgehead atoms. The number of rotatable bonds is 5. The second kappa shape index (κ2) is 9.95. The van der Waals surface area contributed by atoms with E-state index in [0.29, 0.717) is 41.2 Å². The topological polar surface area (TPSA) is 111 Å². The van der Waals surface area contributed by atoms with Gasteiger partial charge in [-0.3, -0.25) is 9.59 Å². The molecule has 1 saturated heterocycles. The van der Waals surface area contributed by atoms with Crippen LogP contribution in [-0.2, 0) is 6.54 Å². The molecule has 2 aliphatic heterocycles. The Morgan fingerprint density at radius 1 is 1.21 bits per heavy atom. The molecule has 0 radical (unpaired) electrons. The van der Waals surface area contributed by atoms with Crippen molar-refractivity contribution in [3.05, 3.63) is 69.8 Å². The average Bonchev–Trinajstić information content (AvgIpc) is 3.44. The molecule has 38 heavy (non-hydrogen) atoms. The number of carbonyl (C=O) groups is 2. The number of amides is 2. The third kappa shape index (κ3) is 5.07. The van der Waals surface area contributed by atoms with Crippen molar-refractivity contribution in [2.45, 2.75) is 44.9 Å². The van der Waals surface area contributed by atoms with Gasteiger partial charge in [-0.2, -0.15) is 5.26 Å². The summed E-state index contributed by atoms with van der Waals surface area (Å²) in [5.41, 5.74) is 8.50. The van der Waals surface area contributed by atoms with Crippen LogP contribution in [-0.4, -0.2) is 58.0 Å². The summed E-state index contributed by atoms with van der Waals surface area (Å²) < 4.78 is 14.6. The molecule has 2 aliphatic rings. The van der Waals surface area contributed by atoms with Gasteiger partial charge in [0.2, 0.25) is 0 Å². The van der Waals surface area contributed by atoms with Crippen LogP contribution in [0.2, 0.25) is 0 Å². The van der Waals surface area contributed by atoms with E-state index in [1.807, 2.05) is 18.2 Å². The number of carbonyl (C=O) groups excluding carboxylic acids is 2. The van der Waals surface area contributed by atoms with Crippen molar-refractivity contribution in [1.82, 2.24) is 9.80 Å². The van der Waals surface area contributed by atoms with E-state index in [2.05, 4.69) is 0 Å². The second-order valence-corrected chi connectivity index (χ2v) is 11.7. The number of nitrogens with zero attached hydrogens (tertiary/aromatic N) is 3. The van der Waals surface area contributed by atoms with E-state index in [9.17, 15) is 19.1 Å². The molecule has 1 aromatic heterocycles. The molecular weight excluding hydrogens is 503 g/mol. The molecule has 0 spiro atoms. The van der Waals surface area contributed by atoms with E-state index in [1.54, 1.807) is 41.8 Å². The van der Waals surface area contributed by atoms with Gasteiger partial charge in [0.1, 0.15) is 11.9 Å². The number of aliphatic hydroxyl groups is 1. The first-order valence-electron chi connectivity index (χ1n) is 12.6. The number of halogens is 1. The fraction of sp³-hybridized carbons (Fsp3) is 0.345. The Hall–Kier alpha value is -3.58. The Bertz CT molecular complexity index is 1470. The van der Waals surface area contributed by atoms with Crippen LogP contribution >= 0.6 is 11.3 Å². The third-order valence-electron chi connectivity index (χ3n) is 6.91. The van der Waals surface area contributed by atoms with Crippen molar-refractivity contribution >= 4 is 23.2 Å². The number of hydrogen-bond acceptors (Lipinski definition) is 6. The minimum atomic E-state index is -1.02. The summed E-state index contributed by atoms with van der Waals surface area (Å²) in [4.78, 5) is 31.0. The maximum atomic E-state index is 14.6. The summed E-state index contributed by atoms with van der Waals surface area (Å²) in [5, 5.41) is 19.4. The number of hydrogen-bond donors (Lipinski definition) is 2. The van der Waals surface area contributed by atoms with Crippen molar-refractivity contribution < 1.29 is 19.1 Å². The maximum Gasteiger partial charge on any atom is 0.264 e. The molecule has 0 saturated carbocycles. The Morgan fingerprint density at radius 2 is 1.97 bits per heavy atom. The minimum absolute atomic E-state index is 0.0490. The Balaban J connectivity index is 1.56. The molecule has 2 amide bonds. The van der Waals surface area contributed by atoms with Crippen LogP contribution in [0, 0.1) is 17.1 Å². The third-order valence-corrected chi connectivity index (χ3v) is 8.08. The zero-order chi connectivity index (χ0) is 27.2. The highest BCUT2D eigenvalue weighted by molar-refractivity contribution is 7.18. The number of piperidine rings is 1. The predicted molar refractivity (Wildman–Crippen MR) is 144 cm³/mol. The van der Waals surface area contributed by atoms with Crippen LogP contribution in [0.4, 0.5) is 4.39 Å². The van der Waals surface area contributed by atoms with Gasteiger partial charge in [0.05, 0.1) is 16.0 Å². The number of nitrogens with two attached hydrogens (primary N) is 1. The molecule has 1 atom stereocenters. The summed E-state index contributed by atoms with van der Waals surface area (Å²) >= 11 is 1.33. The first-order chi connectivity index (χ1) is 18.0. The fourth-order valence-electron chi connectivity index (χ4n) is 5.17. The predicted octanol–water partition coefficient (Wildman–Crippen LogP) is 4.38. The van der Waals surface area contributed by atoms with Crippen LogP contribution < -0.4 is 5.73 Å². The van der Waals surface area contributed by atoms with E-state index in [1.165, 1.54) is 23.5 Å². The molecule has 7 nitrogen and oxygen atoms in total. The van der Waals surface area contributed by atoms with Crippen LogP contribution in [0.3, 0.4) is 0 Å². The molecular formula is C29H29FN4O3S. The fourth-order valence-corrected chi connectivity index (χ4v) is 6.31. The molecule has 0 aliphatic carbocycles. The molecule has 3 N–H and O–H groups in total. The van der Waals surface area contributed by atoms with Crippen LogP contribution in [0.15, 0.2) is 42.5 Å². The SMILES string of the molecule is CC(C)(O)CN1Cc2cc(-c3sc(C(=O)N4CCC[C@@H](N)C4)cc3-c3ccc(C#N)c(F)c3)ccc2C1=O. The monoisotopic (exact) mass is 532 g/mol. The molecule has 3 aromatic rings. The van der Waals surface area contributed by atoms with E-state index in [4.69, 9.17) is 11.0 Å². The number of thiophene rings is 1. The summed E-state index contributed by atoms with van der Waals surface area (Å²) in [6.45, 7) is 5.04. The molecule has 196 valence electrons. The molecule has 3 heterocycles. The van der Waals surface area contributed by atoms with Gasteiger partial charge >= 0.3 is 0 Å². The summed E-state index contributed by atoms with van der Waals surface area (Å²) in [6, 6.07) is 13.5. The number of nitriles is 1. The Morgan fingerprint density at radius 3 is 2.66 bits per heavy atom. The van der Waals surface area contributed by atoms with E-state index < -0.39 is 11.4 Å². The van der Waals surface area contributed by atoms with Gasteiger partial charge in [-0.25, -0.2) is 4.39 Å². The van der Waals surface area contributed by atoms with Crippen LogP contribution in [0.1, 0.15) is 57.8 Å². The highest BCUT2D eigenvalue weighted by Gasteiger charge is 2.32. The van der Waals surface area contributed by atoms with Crippen molar-refractivity contribution in [3.63, 3.8) is 0 Å². The van der Waals surface area contributed by atoms with Crippen molar-refractivity contribution in [1.29, 1.82) is 5.26 Å². The smallest absolute Gasteiger partial charge is 0.264 e. The number of likely N-dealkylation sites (tertiary alicyclic amines) is 1. The van der Waals surface area contributed by atoms with Crippen LogP contribution in [0.5, 0.6) is 0 Å². The zero-order valence-electron chi connectivity index (χ0n) is 21.3. The standard InChI is InChI=1S/C29H29FN4O3S/c1-29(2,37)16-34-14-20-10-18(7-8-22(20)27(34)35)26-23(17-5-6-19(13-31)24(30)11-17)12-25(38-26)28(36)33-9-3-4-21(32)15-33/h5-8,10-12,21,37H,3-4,9,14-16,32H2,1-2H3/t21-/m1/s1. The zero-order valence-corrected chi connectivity index (χ0v) is 22.1. The van der Waals surface area contributed by atoms with Gasteiger partial charge in [0, 0.05) is 48.2 Å². The minimum Gasteiger partial charge on any atom is -0.389 e. The maximum absolute atomic E-state index is 14.6. The molecule has 1 fully saturated rings. The van der Waals surface area contributed by atoms with Crippen molar-refractivity contribution in [3.8, 4) is 27.6 Å². The molecule has 5 rings (SSSR count). The normalized spacial score (nSPS) is 17.5. The summed E-state index contributed by atoms with van der Waals surface area (Å²) in [7, 11) is 0. The highest BCUT2D eigenvalue weighted by Crippen LogP contribution is 2.42. The largest absolute Gasteiger partial charge is 0.389 e. The molecule has 0 unspecified atom stereocenters. The quantitative estimate of drug-likeness (QED) is 0.507. The van der Waals surface area contributed by atoms with Gasteiger partial charge in [-0.15, -0.1) is 11.3 Å². The van der Waals surface area contributed by atoms with Crippen molar-refractivity contribution in [2.75, 3.05) is 19.6 Å². The highest BCUT2D eigenvalue weighted by atomic mass is 32.1. The summed E-state index contributed by atoms with van der Waals surface area (Å²) in [5.74, 6) is -0.871. The van der Waals surface area contributed by atoms with Gasteiger partial charge in [0.25, 0.3) is 11.8 Å². The Kier molecular flexibility index (Phi) is 6.82. The molecule has 2 aromatic carbocycles. The molecule has 9 heteroatoms. The lowest BCUT2D eigenvalue weighted by Crippen LogP contribution is -2.45. The van der Waals surface area contributed by atoms with Crippen LogP contribution in [0.25, 0.3) is 21.6 Å². The van der Waals surface area contributed by atoms with E-state index in [-0.39, 0.29) is 30.0 Å². The van der Waals surface area contributed by atoms with Gasteiger partial charge < -0.3 is 20.6 Å². The first-order valence-corrected chi connectivity index (χ1v) is 13.4. The first kappa shape index (κ1) is 26.0. The lowest BCUT2D eigenvalue weighted by molar-refractivity contribution is 0.0314. The number of benzene rings is 2. The number of β-amino-alcohol motifs (C(OH)–C–C–N with tert-alkyl or cyclic N) is 1. The van der Waals surface area contributed by atoms with Crippen molar-refractivity contribution in [2.24, 2.45) is 5.73 Å². The lowest BCUT2D eigenvalue weighted by atomic mass is 9.98. The lowest BCUT2D eigenvalue weighted by Gasteiger charge is -2.30. The van der Waals surface area contributed by atoms with Gasteiger partial charge in [-0.1, -0.05) is 12.1 Å². The van der Waals surface area contributed by atoms with E-state index >= 15 is 0 Å². The average molecular weight is 533 g/mol. The second-order valence-electron chi connectivity index (χ2n) is 10.7. The van der Waals surface area contributed by atoms with Gasteiger partial charge in [-0.05, 0) is 73.7 Å². The number of fused-ring (bicyclic) bond motifs is 1. The van der Waals surface area contributed by atoms with Gasteiger partial charge in [0.15, 0.2) is 0 Å².